The summed E-state index contributed by atoms with van der Waals surface area (Å²) in [5.74, 6) is -3.28. The third-order valence-electron chi connectivity index (χ3n) is 4.21. The summed E-state index contributed by atoms with van der Waals surface area (Å²) in [6.45, 7) is 8.03. The maximum Gasteiger partial charge on any atom is 0.372 e. The molecule has 0 aromatic heterocycles. The third kappa shape index (κ3) is 4.59. The van der Waals surface area contributed by atoms with E-state index in [2.05, 4.69) is 10.2 Å². The van der Waals surface area contributed by atoms with E-state index in [9.17, 15) is 19.5 Å². The second-order valence-corrected chi connectivity index (χ2v) is 7.77. The Morgan fingerprint density at radius 3 is 2.12 bits per heavy atom. The molecule has 26 heavy (non-hydrogen) atoms. The van der Waals surface area contributed by atoms with Crippen molar-refractivity contribution in [2.24, 2.45) is 0 Å². The SMILES string of the molecule is CC1(C)CC(OC(=O)c2ccc(C(=O)OO)cc2C(=O)O)CC(C)(C)N1. The van der Waals surface area contributed by atoms with Gasteiger partial charge in [0.1, 0.15) is 6.10 Å². The molecule has 1 aliphatic rings. The lowest BCUT2D eigenvalue weighted by molar-refractivity contribution is -0.182. The van der Waals surface area contributed by atoms with Crippen LogP contribution in [0, 0.1) is 0 Å². The number of esters is 1. The van der Waals surface area contributed by atoms with E-state index in [4.69, 9.17) is 9.99 Å². The van der Waals surface area contributed by atoms with Crippen LogP contribution in [-0.2, 0) is 9.62 Å². The van der Waals surface area contributed by atoms with Crippen molar-refractivity contribution in [1.29, 1.82) is 0 Å². The summed E-state index contributed by atoms with van der Waals surface area (Å²) in [6.07, 6.45) is 0.788. The van der Waals surface area contributed by atoms with Crippen molar-refractivity contribution < 1.29 is 34.4 Å². The first-order chi connectivity index (χ1) is 11.9. The number of carbonyl (C=O) groups is 3. The summed E-state index contributed by atoms with van der Waals surface area (Å²) in [7, 11) is 0. The molecule has 0 aliphatic carbocycles. The molecule has 0 radical (unpaired) electrons. The van der Waals surface area contributed by atoms with Crippen LogP contribution in [0.1, 0.15) is 71.6 Å². The number of rotatable bonds is 4. The fourth-order valence-electron chi connectivity index (χ4n) is 3.61. The van der Waals surface area contributed by atoms with Crippen LogP contribution >= 0.6 is 0 Å². The Labute approximate surface area is 151 Å². The standard InChI is InChI=1S/C18H23NO7/c1-17(2)8-11(9-18(3,4)19-17)25-16(23)12-6-5-10(15(22)26-24)7-13(12)14(20)21/h5-7,11,19,24H,8-9H2,1-4H3,(H,20,21). The Morgan fingerprint density at radius 1 is 1.04 bits per heavy atom. The van der Waals surface area contributed by atoms with Gasteiger partial charge in [0, 0.05) is 23.9 Å². The first-order valence-electron chi connectivity index (χ1n) is 8.17. The minimum absolute atomic E-state index is 0.166. The number of hydrogen-bond acceptors (Lipinski definition) is 7. The topological polar surface area (TPSA) is 122 Å². The second-order valence-electron chi connectivity index (χ2n) is 7.77. The Morgan fingerprint density at radius 2 is 1.62 bits per heavy atom. The van der Waals surface area contributed by atoms with Crippen molar-refractivity contribution in [1.82, 2.24) is 5.32 Å². The number of benzene rings is 1. The second kappa shape index (κ2) is 7.05. The van der Waals surface area contributed by atoms with E-state index in [0.29, 0.717) is 12.8 Å². The van der Waals surface area contributed by atoms with Gasteiger partial charge in [-0.2, -0.15) is 5.26 Å². The fraction of sp³-hybridized carbons (Fsp3) is 0.500. The lowest BCUT2D eigenvalue weighted by atomic mass is 9.81. The first kappa shape index (κ1) is 19.9. The van der Waals surface area contributed by atoms with Crippen LogP contribution in [0.2, 0.25) is 0 Å². The highest BCUT2D eigenvalue weighted by molar-refractivity contribution is 6.04. The van der Waals surface area contributed by atoms with Gasteiger partial charge in [0.15, 0.2) is 0 Å². The minimum atomic E-state index is -1.39. The molecule has 1 heterocycles. The number of carboxylic acid groups (broad SMARTS) is 1. The van der Waals surface area contributed by atoms with Gasteiger partial charge in [0.2, 0.25) is 0 Å². The molecule has 1 saturated heterocycles. The van der Waals surface area contributed by atoms with Crippen molar-refractivity contribution >= 4 is 17.9 Å². The summed E-state index contributed by atoms with van der Waals surface area (Å²) in [5.41, 5.74) is -1.23. The number of aromatic carboxylic acids is 1. The van der Waals surface area contributed by atoms with E-state index in [1.807, 2.05) is 27.7 Å². The molecule has 0 amide bonds. The predicted octanol–water partition coefficient (Wildman–Crippen LogP) is 2.48. The highest BCUT2D eigenvalue weighted by Crippen LogP contribution is 2.31. The zero-order valence-corrected chi connectivity index (χ0v) is 15.2. The lowest BCUT2D eigenvalue weighted by Crippen LogP contribution is -2.59. The van der Waals surface area contributed by atoms with Crippen LogP contribution in [0.3, 0.4) is 0 Å². The number of hydrogen-bond donors (Lipinski definition) is 3. The van der Waals surface area contributed by atoms with Gasteiger partial charge in [-0.1, -0.05) is 0 Å². The van der Waals surface area contributed by atoms with Crippen LogP contribution < -0.4 is 5.32 Å². The van der Waals surface area contributed by atoms with Crippen molar-refractivity contribution in [3.63, 3.8) is 0 Å². The van der Waals surface area contributed by atoms with Crippen LogP contribution in [-0.4, -0.2) is 45.5 Å². The molecule has 0 spiro atoms. The highest BCUT2D eigenvalue weighted by Gasteiger charge is 2.39. The van der Waals surface area contributed by atoms with Gasteiger partial charge in [-0.25, -0.2) is 14.4 Å². The van der Waals surface area contributed by atoms with Gasteiger partial charge in [-0.05, 0) is 45.9 Å². The van der Waals surface area contributed by atoms with Gasteiger partial charge in [0.05, 0.1) is 16.7 Å². The normalized spacial score (nSPS) is 18.8. The van der Waals surface area contributed by atoms with Gasteiger partial charge in [0.25, 0.3) is 0 Å². The summed E-state index contributed by atoms with van der Waals surface area (Å²) in [4.78, 5) is 38.9. The summed E-state index contributed by atoms with van der Waals surface area (Å²) >= 11 is 0. The first-order valence-corrected chi connectivity index (χ1v) is 8.17. The molecule has 8 nitrogen and oxygen atoms in total. The molecule has 8 heteroatoms. The Kier molecular flexibility index (Phi) is 5.39. The smallest absolute Gasteiger partial charge is 0.372 e. The monoisotopic (exact) mass is 365 g/mol. The summed E-state index contributed by atoms with van der Waals surface area (Å²) in [6, 6.07) is 3.33. The average molecular weight is 365 g/mol. The molecule has 0 saturated carbocycles. The van der Waals surface area contributed by atoms with Crippen molar-refractivity contribution in [2.45, 2.75) is 57.7 Å². The van der Waals surface area contributed by atoms with Gasteiger partial charge in [-0.15, -0.1) is 0 Å². The van der Waals surface area contributed by atoms with Gasteiger partial charge in [-0.3, -0.25) is 4.89 Å². The zero-order chi connectivity index (χ0) is 19.7. The Bertz CT molecular complexity index is 723. The molecular formula is C18H23NO7. The summed E-state index contributed by atoms with van der Waals surface area (Å²) in [5, 5.41) is 21.2. The number of carbonyl (C=O) groups excluding carboxylic acids is 2. The van der Waals surface area contributed by atoms with E-state index in [0.717, 1.165) is 6.07 Å². The maximum atomic E-state index is 12.5. The fourth-order valence-corrected chi connectivity index (χ4v) is 3.61. The number of carboxylic acids is 1. The highest BCUT2D eigenvalue weighted by atomic mass is 17.1. The third-order valence-corrected chi connectivity index (χ3v) is 4.21. The van der Waals surface area contributed by atoms with Gasteiger partial charge >= 0.3 is 17.9 Å². The Hall–Kier alpha value is -2.45. The maximum absolute atomic E-state index is 12.5. The van der Waals surface area contributed by atoms with E-state index in [1.54, 1.807) is 0 Å². The van der Waals surface area contributed by atoms with Crippen molar-refractivity contribution in [3.8, 4) is 0 Å². The predicted molar refractivity (Wildman–Crippen MR) is 91.2 cm³/mol. The molecule has 1 aromatic rings. The van der Waals surface area contributed by atoms with Gasteiger partial charge < -0.3 is 15.2 Å². The molecule has 0 bridgehead atoms. The zero-order valence-electron chi connectivity index (χ0n) is 15.2. The van der Waals surface area contributed by atoms with Crippen molar-refractivity contribution in [3.05, 3.63) is 34.9 Å². The van der Waals surface area contributed by atoms with E-state index >= 15 is 0 Å². The minimum Gasteiger partial charge on any atom is -0.478 e. The van der Waals surface area contributed by atoms with Crippen LogP contribution in [0.5, 0.6) is 0 Å². The number of nitrogens with one attached hydrogen (secondary N) is 1. The molecule has 1 fully saturated rings. The van der Waals surface area contributed by atoms with E-state index < -0.39 is 23.5 Å². The largest absolute Gasteiger partial charge is 0.478 e. The lowest BCUT2D eigenvalue weighted by Gasteiger charge is -2.45. The van der Waals surface area contributed by atoms with Crippen LogP contribution in [0.4, 0.5) is 0 Å². The van der Waals surface area contributed by atoms with Crippen LogP contribution in [0.15, 0.2) is 18.2 Å². The van der Waals surface area contributed by atoms with Crippen LogP contribution in [0.25, 0.3) is 0 Å². The van der Waals surface area contributed by atoms with E-state index in [-0.39, 0.29) is 28.3 Å². The van der Waals surface area contributed by atoms with Crippen molar-refractivity contribution in [2.75, 3.05) is 0 Å². The summed E-state index contributed by atoms with van der Waals surface area (Å²) < 4.78 is 5.56. The van der Waals surface area contributed by atoms with E-state index in [1.165, 1.54) is 12.1 Å². The molecule has 142 valence electrons. The molecular weight excluding hydrogens is 342 g/mol. The molecule has 2 rings (SSSR count). The number of piperidine rings is 1. The Balaban J connectivity index is 2.26. The molecule has 3 N–H and O–H groups in total. The number of ether oxygens (including phenoxy) is 1. The molecule has 1 aliphatic heterocycles. The molecule has 0 unspecified atom stereocenters. The molecule has 0 atom stereocenters. The average Bonchev–Trinajstić information content (AvgIpc) is 2.50. The molecule has 1 aromatic carbocycles. The quantitative estimate of drug-likeness (QED) is 0.422.